The van der Waals surface area contributed by atoms with Crippen LogP contribution >= 0.6 is 0 Å². The summed E-state index contributed by atoms with van der Waals surface area (Å²) >= 11 is 0. The standard InChI is InChI=1S/C13H11N3O7S/c1-23-13(18)9-11(17)14-10(15-12(9)24(2,21)22)7-3-5-8(6-4-7)16(19)20/h3-6H,1-2H3,(H,14,15,17). The Morgan fingerprint density at radius 2 is 1.88 bits per heavy atom. The average Bonchev–Trinajstić information content (AvgIpc) is 2.52. The zero-order valence-corrected chi connectivity index (χ0v) is 13.3. The van der Waals surface area contributed by atoms with Crippen LogP contribution in [0.4, 0.5) is 5.69 Å². The molecule has 24 heavy (non-hydrogen) atoms. The number of nitrogens with one attached hydrogen (secondary N) is 1. The van der Waals surface area contributed by atoms with Crippen molar-refractivity contribution < 1.29 is 22.9 Å². The Hall–Kier alpha value is -3.08. The number of non-ortho nitro benzene ring substituents is 1. The van der Waals surface area contributed by atoms with Gasteiger partial charge in [-0.15, -0.1) is 0 Å². The van der Waals surface area contributed by atoms with Crippen molar-refractivity contribution in [1.82, 2.24) is 9.97 Å². The molecule has 126 valence electrons. The number of hydrogen-bond donors (Lipinski definition) is 1. The molecular weight excluding hydrogens is 342 g/mol. The number of benzene rings is 1. The number of esters is 1. The van der Waals surface area contributed by atoms with Crippen molar-refractivity contribution in [3.63, 3.8) is 0 Å². The fourth-order valence-electron chi connectivity index (χ4n) is 1.88. The number of rotatable bonds is 4. The first-order valence-electron chi connectivity index (χ1n) is 6.32. The average molecular weight is 353 g/mol. The van der Waals surface area contributed by atoms with E-state index in [1.807, 2.05) is 0 Å². The van der Waals surface area contributed by atoms with Gasteiger partial charge in [0.15, 0.2) is 20.4 Å². The van der Waals surface area contributed by atoms with E-state index in [9.17, 15) is 28.1 Å². The van der Waals surface area contributed by atoms with Gasteiger partial charge in [-0.05, 0) is 12.1 Å². The van der Waals surface area contributed by atoms with E-state index >= 15 is 0 Å². The minimum Gasteiger partial charge on any atom is -0.465 e. The minimum absolute atomic E-state index is 0.150. The second-order valence-corrected chi connectivity index (χ2v) is 6.59. The highest BCUT2D eigenvalue weighted by Gasteiger charge is 2.26. The van der Waals surface area contributed by atoms with E-state index in [0.717, 1.165) is 13.4 Å². The Kier molecular flexibility index (Phi) is 4.46. The van der Waals surface area contributed by atoms with E-state index < -0.39 is 36.9 Å². The van der Waals surface area contributed by atoms with Crippen LogP contribution in [-0.4, -0.2) is 42.6 Å². The van der Waals surface area contributed by atoms with Gasteiger partial charge in [-0.25, -0.2) is 18.2 Å². The molecule has 11 heteroatoms. The highest BCUT2D eigenvalue weighted by Crippen LogP contribution is 2.20. The Labute approximate surface area is 135 Å². The van der Waals surface area contributed by atoms with Gasteiger partial charge in [0.2, 0.25) is 0 Å². The monoisotopic (exact) mass is 353 g/mol. The predicted molar refractivity (Wildman–Crippen MR) is 81.4 cm³/mol. The van der Waals surface area contributed by atoms with Crippen molar-refractivity contribution >= 4 is 21.5 Å². The van der Waals surface area contributed by atoms with Crippen LogP contribution in [0.15, 0.2) is 34.1 Å². The molecular formula is C13H11N3O7S. The summed E-state index contributed by atoms with van der Waals surface area (Å²) in [6.45, 7) is 0. The first kappa shape index (κ1) is 17.3. The highest BCUT2D eigenvalue weighted by molar-refractivity contribution is 7.90. The maximum atomic E-state index is 12.1. The molecule has 1 heterocycles. The van der Waals surface area contributed by atoms with Crippen molar-refractivity contribution in [2.24, 2.45) is 0 Å². The molecule has 0 unspecified atom stereocenters. The lowest BCUT2D eigenvalue weighted by Crippen LogP contribution is -2.25. The summed E-state index contributed by atoms with van der Waals surface area (Å²) in [7, 11) is -3.01. The summed E-state index contributed by atoms with van der Waals surface area (Å²) in [6, 6.07) is 4.92. The summed E-state index contributed by atoms with van der Waals surface area (Å²) in [6.07, 6.45) is 0.792. The molecule has 0 bridgehead atoms. The molecule has 10 nitrogen and oxygen atoms in total. The highest BCUT2D eigenvalue weighted by atomic mass is 32.2. The number of nitrogens with zero attached hydrogens (tertiary/aromatic N) is 2. The molecule has 1 aromatic carbocycles. The van der Waals surface area contributed by atoms with Crippen molar-refractivity contribution in [2.75, 3.05) is 13.4 Å². The zero-order valence-electron chi connectivity index (χ0n) is 12.5. The summed E-state index contributed by atoms with van der Waals surface area (Å²) in [5.74, 6) is -1.29. The fraction of sp³-hybridized carbons (Fsp3) is 0.154. The van der Waals surface area contributed by atoms with E-state index in [1.165, 1.54) is 24.3 Å². The molecule has 0 saturated carbocycles. The fourth-order valence-corrected chi connectivity index (χ4v) is 2.68. The van der Waals surface area contributed by atoms with Gasteiger partial charge in [-0.2, -0.15) is 0 Å². The van der Waals surface area contributed by atoms with E-state index in [1.54, 1.807) is 0 Å². The number of nitro groups is 1. The number of carbonyl (C=O) groups excluding carboxylic acids is 1. The lowest BCUT2D eigenvalue weighted by atomic mass is 10.2. The number of sulfone groups is 1. The van der Waals surface area contributed by atoms with E-state index in [-0.39, 0.29) is 17.1 Å². The largest absolute Gasteiger partial charge is 0.465 e. The van der Waals surface area contributed by atoms with E-state index in [0.29, 0.717) is 0 Å². The van der Waals surface area contributed by atoms with Crippen LogP contribution in [0, 0.1) is 10.1 Å². The summed E-state index contributed by atoms with van der Waals surface area (Å²) in [5, 5.41) is 9.91. The molecule has 2 rings (SSSR count). The van der Waals surface area contributed by atoms with Gasteiger partial charge in [0.25, 0.3) is 11.2 Å². The third-order valence-electron chi connectivity index (χ3n) is 2.98. The number of carbonyl (C=O) groups is 1. The maximum Gasteiger partial charge on any atom is 0.346 e. The number of H-pyrrole nitrogens is 1. The molecule has 0 aliphatic rings. The van der Waals surface area contributed by atoms with Crippen LogP contribution in [0.25, 0.3) is 11.4 Å². The second kappa shape index (κ2) is 6.20. The lowest BCUT2D eigenvalue weighted by molar-refractivity contribution is -0.384. The van der Waals surface area contributed by atoms with Crippen LogP contribution in [0.1, 0.15) is 10.4 Å². The number of aromatic nitrogens is 2. The van der Waals surface area contributed by atoms with Gasteiger partial charge in [-0.1, -0.05) is 0 Å². The zero-order chi connectivity index (χ0) is 18.1. The lowest BCUT2D eigenvalue weighted by Gasteiger charge is -2.07. The summed E-state index contributed by atoms with van der Waals surface area (Å²) in [4.78, 5) is 39.8. The number of ether oxygens (including phenoxy) is 1. The molecule has 0 aliphatic carbocycles. The van der Waals surface area contributed by atoms with Crippen molar-refractivity contribution in [3.05, 3.63) is 50.3 Å². The third-order valence-corrected chi connectivity index (χ3v) is 3.98. The molecule has 0 saturated heterocycles. The van der Waals surface area contributed by atoms with Gasteiger partial charge in [0.05, 0.1) is 12.0 Å². The summed E-state index contributed by atoms with van der Waals surface area (Å²) < 4.78 is 28.1. The molecule has 0 spiro atoms. The Balaban J connectivity index is 2.70. The molecule has 0 radical (unpaired) electrons. The van der Waals surface area contributed by atoms with E-state index in [2.05, 4.69) is 14.7 Å². The van der Waals surface area contributed by atoms with Crippen LogP contribution < -0.4 is 5.56 Å². The smallest absolute Gasteiger partial charge is 0.346 e. The van der Waals surface area contributed by atoms with Crippen molar-refractivity contribution in [1.29, 1.82) is 0 Å². The molecule has 1 N–H and O–H groups in total. The molecule has 2 aromatic rings. The Bertz CT molecular complexity index is 978. The molecule has 0 aliphatic heterocycles. The minimum atomic E-state index is -4.00. The summed E-state index contributed by atoms with van der Waals surface area (Å²) in [5.41, 5.74) is -1.68. The molecule has 0 atom stereocenters. The normalized spacial score (nSPS) is 11.1. The van der Waals surface area contributed by atoms with Crippen LogP contribution in [0.3, 0.4) is 0 Å². The Morgan fingerprint density at radius 3 is 2.33 bits per heavy atom. The number of hydrogen-bond acceptors (Lipinski definition) is 8. The number of aromatic amines is 1. The molecule has 1 aromatic heterocycles. The van der Waals surface area contributed by atoms with Gasteiger partial charge in [0, 0.05) is 24.0 Å². The first-order valence-corrected chi connectivity index (χ1v) is 8.22. The van der Waals surface area contributed by atoms with Crippen molar-refractivity contribution in [3.8, 4) is 11.4 Å². The van der Waals surface area contributed by atoms with Gasteiger partial charge >= 0.3 is 5.97 Å². The predicted octanol–water partition coefficient (Wildman–Crippen LogP) is 0.535. The van der Waals surface area contributed by atoms with Gasteiger partial charge < -0.3 is 9.72 Å². The second-order valence-electron chi connectivity index (χ2n) is 4.66. The van der Waals surface area contributed by atoms with Crippen LogP contribution in [-0.2, 0) is 14.6 Å². The number of nitro benzene ring substituents is 1. The SMILES string of the molecule is COC(=O)c1c(S(C)(=O)=O)nc(-c2ccc([N+](=O)[O-])cc2)[nH]c1=O. The van der Waals surface area contributed by atoms with Crippen molar-refractivity contribution in [2.45, 2.75) is 5.03 Å². The first-order chi connectivity index (χ1) is 11.1. The molecule has 0 amide bonds. The van der Waals surface area contributed by atoms with E-state index in [4.69, 9.17) is 0 Å². The maximum absolute atomic E-state index is 12.1. The van der Waals surface area contributed by atoms with Crippen LogP contribution in [0.2, 0.25) is 0 Å². The topological polar surface area (TPSA) is 149 Å². The Morgan fingerprint density at radius 1 is 1.29 bits per heavy atom. The third kappa shape index (κ3) is 3.30. The number of methoxy groups -OCH3 is 1. The van der Waals surface area contributed by atoms with Crippen LogP contribution in [0.5, 0.6) is 0 Å². The quantitative estimate of drug-likeness (QED) is 0.362. The van der Waals surface area contributed by atoms with Gasteiger partial charge in [0.1, 0.15) is 5.82 Å². The van der Waals surface area contributed by atoms with Gasteiger partial charge in [-0.3, -0.25) is 14.9 Å². The molecule has 0 fully saturated rings.